The number of nitrogens with one attached hydrogen (secondary N) is 1. The minimum atomic E-state index is -0.367. The molecule has 1 heterocycles. The van der Waals surface area contributed by atoms with E-state index in [1.165, 1.54) is 0 Å². The van der Waals surface area contributed by atoms with Crippen molar-refractivity contribution in [2.45, 2.75) is 45.8 Å². The number of hydrogen-bond donors (Lipinski definition) is 2. The van der Waals surface area contributed by atoms with Crippen LogP contribution in [0.2, 0.25) is 0 Å². The highest BCUT2D eigenvalue weighted by Crippen LogP contribution is 2.21. The molecule has 2 amide bonds. The molecular weight excluding hydrogens is 292 g/mol. The summed E-state index contributed by atoms with van der Waals surface area (Å²) in [5, 5.41) is 12.8. The molecule has 1 aromatic rings. The number of aliphatic hydroxyl groups excluding tert-OH is 1. The van der Waals surface area contributed by atoms with E-state index in [0.29, 0.717) is 13.2 Å². The van der Waals surface area contributed by atoms with Crippen LogP contribution in [-0.4, -0.2) is 41.8 Å². The average Bonchev–Trinajstić information content (AvgIpc) is 2.55. The fraction of sp³-hybridized carbons (Fsp3) is 0.611. The Morgan fingerprint density at radius 3 is 2.70 bits per heavy atom. The summed E-state index contributed by atoms with van der Waals surface area (Å²) >= 11 is 0. The van der Waals surface area contributed by atoms with Crippen LogP contribution >= 0.6 is 0 Å². The Morgan fingerprint density at radius 2 is 2.09 bits per heavy atom. The zero-order chi connectivity index (χ0) is 16.8. The number of carbonyl (C=O) groups is 1. The molecule has 5 heteroatoms. The largest absolute Gasteiger partial charge is 0.494 e. The number of aliphatic hydroxyl groups is 1. The van der Waals surface area contributed by atoms with Gasteiger partial charge in [-0.2, -0.15) is 0 Å². The van der Waals surface area contributed by atoms with E-state index >= 15 is 0 Å². The molecule has 2 rings (SSSR count). The summed E-state index contributed by atoms with van der Waals surface area (Å²) in [7, 11) is 0. The molecule has 0 saturated carbocycles. The highest BCUT2D eigenvalue weighted by atomic mass is 16.5. The maximum Gasteiger partial charge on any atom is 0.317 e. The molecule has 0 radical (unpaired) electrons. The van der Waals surface area contributed by atoms with Crippen molar-refractivity contribution < 1.29 is 14.6 Å². The molecule has 1 aliphatic rings. The Hall–Kier alpha value is -1.75. The van der Waals surface area contributed by atoms with Crippen molar-refractivity contribution in [1.29, 1.82) is 0 Å². The van der Waals surface area contributed by atoms with E-state index in [1.807, 2.05) is 43.0 Å². The second-order valence-electron chi connectivity index (χ2n) is 6.26. The quantitative estimate of drug-likeness (QED) is 0.877. The van der Waals surface area contributed by atoms with Gasteiger partial charge < -0.3 is 20.1 Å². The van der Waals surface area contributed by atoms with Gasteiger partial charge in [-0.25, -0.2) is 4.79 Å². The number of carbonyl (C=O) groups excluding carboxylic acids is 1. The zero-order valence-corrected chi connectivity index (χ0v) is 14.3. The van der Waals surface area contributed by atoms with Crippen molar-refractivity contribution in [3.63, 3.8) is 0 Å². The van der Waals surface area contributed by atoms with Crippen molar-refractivity contribution in [1.82, 2.24) is 10.2 Å². The van der Waals surface area contributed by atoms with E-state index in [9.17, 15) is 9.90 Å². The summed E-state index contributed by atoms with van der Waals surface area (Å²) in [4.78, 5) is 14.2. The molecule has 128 valence electrons. The highest BCUT2D eigenvalue weighted by molar-refractivity contribution is 5.74. The van der Waals surface area contributed by atoms with Gasteiger partial charge in [0.2, 0.25) is 0 Å². The second-order valence-corrected chi connectivity index (χ2v) is 6.26. The summed E-state index contributed by atoms with van der Waals surface area (Å²) in [5.41, 5.74) is 1.05. The number of hydrogen-bond acceptors (Lipinski definition) is 3. The summed E-state index contributed by atoms with van der Waals surface area (Å²) in [6.45, 7) is 7.75. The molecule has 0 aromatic heterocycles. The molecule has 1 aliphatic heterocycles. The van der Waals surface area contributed by atoms with Crippen LogP contribution in [0.3, 0.4) is 0 Å². The van der Waals surface area contributed by atoms with Crippen LogP contribution in [0.1, 0.15) is 45.2 Å². The second kappa shape index (κ2) is 8.20. The van der Waals surface area contributed by atoms with Crippen LogP contribution < -0.4 is 10.1 Å². The third kappa shape index (κ3) is 4.86. The number of rotatable bonds is 5. The van der Waals surface area contributed by atoms with Crippen molar-refractivity contribution in [2.24, 2.45) is 5.92 Å². The molecule has 3 atom stereocenters. The number of benzene rings is 1. The third-order valence-electron chi connectivity index (χ3n) is 4.46. The lowest BCUT2D eigenvalue weighted by Gasteiger charge is -2.34. The normalized spacial score (nSPS) is 20.7. The van der Waals surface area contributed by atoms with E-state index in [2.05, 4.69) is 5.32 Å². The Labute approximate surface area is 138 Å². The smallest absolute Gasteiger partial charge is 0.317 e. The molecule has 1 saturated heterocycles. The van der Waals surface area contributed by atoms with E-state index in [4.69, 9.17) is 4.74 Å². The topological polar surface area (TPSA) is 61.8 Å². The number of likely N-dealkylation sites (tertiary alicyclic amines) is 1. The number of nitrogens with zero attached hydrogens (tertiary/aromatic N) is 1. The Balaban J connectivity index is 1.91. The lowest BCUT2D eigenvalue weighted by Crippen LogP contribution is -2.47. The van der Waals surface area contributed by atoms with Crippen LogP contribution in [0, 0.1) is 5.92 Å². The fourth-order valence-corrected chi connectivity index (χ4v) is 2.97. The first-order valence-corrected chi connectivity index (χ1v) is 8.47. The van der Waals surface area contributed by atoms with Crippen LogP contribution in [0.5, 0.6) is 5.75 Å². The molecule has 2 N–H and O–H groups in total. The van der Waals surface area contributed by atoms with Crippen molar-refractivity contribution in [3.05, 3.63) is 29.8 Å². The van der Waals surface area contributed by atoms with Gasteiger partial charge in [0.15, 0.2) is 0 Å². The highest BCUT2D eigenvalue weighted by Gasteiger charge is 2.27. The summed E-state index contributed by atoms with van der Waals surface area (Å²) in [6.07, 6.45) is 1.56. The van der Waals surface area contributed by atoms with E-state index < -0.39 is 0 Å². The maximum atomic E-state index is 12.4. The first kappa shape index (κ1) is 17.6. The average molecular weight is 320 g/mol. The molecule has 1 aromatic carbocycles. The van der Waals surface area contributed by atoms with Crippen LogP contribution in [0.4, 0.5) is 4.79 Å². The van der Waals surface area contributed by atoms with Crippen LogP contribution in [-0.2, 0) is 0 Å². The summed E-state index contributed by atoms with van der Waals surface area (Å²) in [5.74, 6) is 1.01. The van der Waals surface area contributed by atoms with Gasteiger partial charge in [0.25, 0.3) is 0 Å². The Bertz CT molecular complexity index is 501. The lowest BCUT2D eigenvalue weighted by atomic mass is 9.94. The van der Waals surface area contributed by atoms with E-state index in [0.717, 1.165) is 30.7 Å². The van der Waals surface area contributed by atoms with Gasteiger partial charge in [0.05, 0.1) is 18.8 Å². The third-order valence-corrected chi connectivity index (χ3v) is 4.46. The first-order valence-electron chi connectivity index (χ1n) is 8.47. The monoisotopic (exact) mass is 320 g/mol. The fourth-order valence-electron chi connectivity index (χ4n) is 2.97. The van der Waals surface area contributed by atoms with Gasteiger partial charge in [0, 0.05) is 19.0 Å². The van der Waals surface area contributed by atoms with Gasteiger partial charge >= 0.3 is 6.03 Å². The van der Waals surface area contributed by atoms with E-state index in [-0.39, 0.29) is 24.1 Å². The molecule has 23 heavy (non-hydrogen) atoms. The standard InChI is InChI=1S/C18H28N2O3/c1-4-23-17-9-7-15(8-10-17)13(2)19-18(22)20-11-5-6-16(12-20)14(3)21/h7-10,13-14,16,21H,4-6,11-12H2,1-3H3,(H,19,22). The van der Waals surface area contributed by atoms with Crippen molar-refractivity contribution >= 4 is 6.03 Å². The van der Waals surface area contributed by atoms with Gasteiger partial charge in [-0.3, -0.25) is 0 Å². The maximum absolute atomic E-state index is 12.4. The SMILES string of the molecule is CCOc1ccc(C(C)NC(=O)N2CCCC(C(C)O)C2)cc1. The Morgan fingerprint density at radius 1 is 1.39 bits per heavy atom. The van der Waals surface area contributed by atoms with Crippen LogP contribution in [0.25, 0.3) is 0 Å². The number of urea groups is 1. The first-order chi connectivity index (χ1) is 11.0. The van der Waals surface area contributed by atoms with Crippen molar-refractivity contribution in [2.75, 3.05) is 19.7 Å². The molecule has 0 aliphatic carbocycles. The van der Waals surface area contributed by atoms with Gasteiger partial charge in [-0.15, -0.1) is 0 Å². The number of amides is 2. The molecule has 0 spiro atoms. The van der Waals surface area contributed by atoms with Gasteiger partial charge in [-0.1, -0.05) is 12.1 Å². The molecular formula is C18H28N2O3. The summed E-state index contributed by atoms with van der Waals surface area (Å²) < 4.78 is 5.43. The predicted octanol–water partition coefficient (Wildman–Crippen LogP) is 2.95. The molecule has 3 unspecified atom stereocenters. The van der Waals surface area contributed by atoms with Gasteiger partial charge in [0.1, 0.15) is 5.75 Å². The van der Waals surface area contributed by atoms with Gasteiger partial charge in [-0.05, 0) is 51.3 Å². The minimum absolute atomic E-state index is 0.0586. The number of piperidine rings is 1. The molecule has 1 fully saturated rings. The Kier molecular flexibility index (Phi) is 6.28. The summed E-state index contributed by atoms with van der Waals surface area (Å²) in [6, 6.07) is 7.68. The zero-order valence-electron chi connectivity index (χ0n) is 14.3. The molecule has 5 nitrogen and oxygen atoms in total. The lowest BCUT2D eigenvalue weighted by molar-refractivity contribution is 0.0734. The number of ether oxygens (including phenoxy) is 1. The predicted molar refractivity (Wildman–Crippen MR) is 90.5 cm³/mol. The van der Waals surface area contributed by atoms with E-state index in [1.54, 1.807) is 6.92 Å². The minimum Gasteiger partial charge on any atom is -0.494 e. The van der Waals surface area contributed by atoms with Crippen molar-refractivity contribution in [3.8, 4) is 5.75 Å². The molecule has 0 bridgehead atoms. The van der Waals surface area contributed by atoms with Crippen LogP contribution in [0.15, 0.2) is 24.3 Å².